The van der Waals surface area contributed by atoms with Crippen LogP contribution in [0.5, 0.6) is 5.75 Å². The Morgan fingerprint density at radius 3 is 2.71 bits per heavy atom. The van der Waals surface area contributed by atoms with E-state index in [0.717, 1.165) is 41.5 Å². The number of hydrogen-bond acceptors (Lipinski definition) is 3. The second kappa shape index (κ2) is 4.84. The highest BCUT2D eigenvalue weighted by Crippen LogP contribution is 2.35. The van der Waals surface area contributed by atoms with Gasteiger partial charge in [-0.15, -0.1) is 0 Å². The molecule has 1 aromatic rings. The Morgan fingerprint density at radius 1 is 1.35 bits per heavy atom. The van der Waals surface area contributed by atoms with Gasteiger partial charge in [-0.25, -0.2) is 0 Å². The highest BCUT2D eigenvalue weighted by molar-refractivity contribution is 6.30. The Kier molecular flexibility index (Phi) is 3.61. The van der Waals surface area contributed by atoms with Gasteiger partial charge in [-0.05, 0) is 31.5 Å². The van der Waals surface area contributed by atoms with Crippen molar-refractivity contribution in [2.75, 3.05) is 26.7 Å². The maximum absolute atomic E-state index is 6.16. The highest BCUT2D eigenvalue weighted by atomic mass is 35.5. The summed E-state index contributed by atoms with van der Waals surface area (Å²) >= 11 is 6.16. The van der Waals surface area contributed by atoms with E-state index in [1.54, 1.807) is 7.11 Å². The molecule has 0 saturated carbocycles. The number of benzene rings is 1. The van der Waals surface area contributed by atoms with Crippen molar-refractivity contribution in [1.82, 2.24) is 10.6 Å². The SMILES string of the molecule is COc1c(C)cc(Cl)cc1C1(C)CNCCN1. The smallest absolute Gasteiger partial charge is 0.126 e. The van der Waals surface area contributed by atoms with Gasteiger partial charge in [0, 0.05) is 30.2 Å². The molecule has 1 heterocycles. The van der Waals surface area contributed by atoms with Crippen molar-refractivity contribution in [2.45, 2.75) is 19.4 Å². The first-order valence-electron chi connectivity index (χ1n) is 5.87. The van der Waals surface area contributed by atoms with Crippen molar-refractivity contribution >= 4 is 11.6 Å². The highest BCUT2D eigenvalue weighted by Gasteiger charge is 2.32. The van der Waals surface area contributed by atoms with Gasteiger partial charge in [0.15, 0.2) is 0 Å². The van der Waals surface area contributed by atoms with Gasteiger partial charge in [-0.1, -0.05) is 11.6 Å². The van der Waals surface area contributed by atoms with Crippen molar-refractivity contribution in [3.05, 3.63) is 28.3 Å². The fourth-order valence-electron chi connectivity index (χ4n) is 2.43. The minimum Gasteiger partial charge on any atom is -0.496 e. The zero-order valence-electron chi connectivity index (χ0n) is 10.6. The average Bonchev–Trinajstić information content (AvgIpc) is 2.29. The van der Waals surface area contributed by atoms with Crippen molar-refractivity contribution in [2.24, 2.45) is 0 Å². The van der Waals surface area contributed by atoms with Gasteiger partial charge >= 0.3 is 0 Å². The Bertz CT molecular complexity index is 414. The molecule has 17 heavy (non-hydrogen) atoms. The molecule has 0 radical (unpaired) electrons. The van der Waals surface area contributed by atoms with Crippen LogP contribution in [-0.4, -0.2) is 26.7 Å². The number of halogens is 1. The lowest BCUT2D eigenvalue weighted by molar-refractivity contribution is 0.289. The molecule has 0 amide bonds. The van der Waals surface area contributed by atoms with Crippen LogP contribution in [-0.2, 0) is 5.54 Å². The van der Waals surface area contributed by atoms with E-state index >= 15 is 0 Å². The zero-order valence-corrected chi connectivity index (χ0v) is 11.3. The van der Waals surface area contributed by atoms with E-state index in [-0.39, 0.29) is 5.54 Å². The van der Waals surface area contributed by atoms with Crippen molar-refractivity contribution in [3.8, 4) is 5.75 Å². The molecule has 4 heteroatoms. The van der Waals surface area contributed by atoms with Crippen LogP contribution in [0, 0.1) is 6.92 Å². The Hall–Kier alpha value is -0.770. The van der Waals surface area contributed by atoms with E-state index in [2.05, 4.69) is 17.6 Å². The van der Waals surface area contributed by atoms with Gasteiger partial charge in [-0.3, -0.25) is 0 Å². The molecule has 1 aliphatic rings. The largest absolute Gasteiger partial charge is 0.496 e. The normalized spacial score (nSPS) is 24.7. The first-order valence-corrected chi connectivity index (χ1v) is 6.25. The topological polar surface area (TPSA) is 33.3 Å². The van der Waals surface area contributed by atoms with Gasteiger partial charge in [0.05, 0.1) is 12.6 Å². The number of piperazine rings is 1. The number of hydrogen-bond donors (Lipinski definition) is 2. The molecule has 1 saturated heterocycles. The molecular formula is C13H19ClN2O. The minimum atomic E-state index is -0.126. The van der Waals surface area contributed by atoms with Crippen LogP contribution in [0.2, 0.25) is 5.02 Å². The third-order valence-electron chi connectivity index (χ3n) is 3.33. The fraction of sp³-hybridized carbons (Fsp3) is 0.538. The summed E-state index contributed by atoms with van der Waals surface area (Å²) in [6, 6.07) is 3.93. The Morgan fingerprint density at radius 2 is 2.12 bits per heavy atom. The van der Waals surface area contributed by atoms with Crippen LogP contribution in [0.3, 0.4) is 0 Å². The van der Waals surface area contributed by atoms with Crippen LogP contribution < -0.4 is 15.4 Å². The molecule has 94 valence electrons. The van der Waals surface area contributed by atoms with Gasteiger partial charge in [0.25, 0.3) is 0 Å². The first-order chi connectivity index (χ1) is 8.07. The molecule has 0 aliphatic carbocycles. The number of methoxy groups -OCH3 is 1. The van der Waals surface area contributed by atoms with E-state index in [1.807, 2.05) is 19.1 Å². The predicted octanol–water partition coefficient (Wildman–Crippen LogP) is 2.07. The third kappa shape index (κ3) is 2.41. The van der Waals surface area contributed by atoms with E-state index in [9.17, 15) is 0 Å². The van der Waals surface area contributed by atoms with E-state index in [0.29, 0.717) is 0 Å². The van der Waals surface area contributed by atoms with Crippen LogP contribution in [0.1, 0.15) is 18.1 Å². The number of rotatable bonds is 2. The molecule has 3 nitrogen and oxygen atoms in total. The second-order valence-corrected chi connectivity index (χ2v) is 5.18. The molecular weight excluding hydrogens is 236 g/mol. The Balaban J connectivity index is 2.49. The number of aryl methyl sites for hydroxylation is 1. The van der Waals surface area contributed by atoms with Crippen molar-refractivity contribution in [1.29, 1.82) is 0 Å². The minimum absolute atomic E-state index is 0.126. The molecule has 0 aromatic heterocycles. The standard InChI is InChI=1S/C13H19ClN2O/c1-9-6-10(14)7-11(12(9)17-3)13(2)8-15-4-5-16-13/h6-7,15-16H,4-5,8H2,1-3H3. The molecule has 1 unspecified atom stereocenters. The molecule has 1 fully saturated rings. The van der Waals surface area contributed by atoms with Crippen LogP contribution in [0.25, 0.3) is 0 Å². The molecule has 1 atom stereocenters. The van der Waals surface area contributed by atoms with E-state index < -0.39 is 0 Å². The summed E-state index contributed by atoms with van der Waals surface area (Å²) in [5.74, 6) is 0.924. The summed E-state index contributed by atoms with van der Waals surface area (Å²) in [6.45, 7) is 7.02. The summed E-state index contributed by atoms with van der Waals surface area (Å²) < 4.78 is 5.52. The number of ether oxygens (including phenoxy) is 1. The molecule has 0 bridgehead atoms. The van der Waals surface area contributed by atoms with Gasteiger partial charge in [-0.2, -0.15) is 0 Å². The lowest BCUT2D eigenvalue weighted by Gasteiger charge is -2.37. The van der Waals surface area contributed by atoms with Gasteiger partial charge in [0.2, 0.25) is 0 Å². The second-order valence-electron chi connectivity index (χ2n) is 4.74. The monoisotopic (exact) mass is 254 g/mol. The molecule has 2 N–H and O–H groups in total. The summed E-state index contributed by atoms with van der Waals surface area (Å²) in [7, 11) is 1.71. The fourth-order valence-corrected chi connectivity index (χ4v) is 2.70. The number of nitrogens with one attached hydrogen (secondary N) is 2. The van der Waals surface area contributed by atoms with E-state index in [1.165, 1.54) is 0 Å². The maximum Gasteiger partial charge on any atom is 0.126 e. The average molecular weight is 255 g/mol. The predicted molar refractivity (Wildman–Crippen MR) is 71.0 cm³/mol. The zero-order chi connectivity index (χ0) is 12.5. The summed E-state index contributed by atoms with van der Waals surface area (Å²) in [4.78, 5) is 0. The molecule has 1 aliphatic heterocycles. The van der Waals surface area contributed by atoms with Gasteiger partial charge in [0.1, 0.15) is 5.75 Å². The lowest BCUT2D eigenvalue weighted by atomic mass is 9.88. The lowest BCUT2D eigenvalue weighted by Crippen LogP contribution is -2.55. The van der Waals surface area contributed by atoms with Gasteiger partial charge < -0.3 is 15.4 Å². The van der Waals surface area contributed by atoms with Crippen LogP contribution in [0.4, 0.5) is 0 Å². The first kappa shape index (κ1) is 12.7. The third-order valence-corrected chi connectivity index (χ3v) is 3.55. The van der Waals surface area contributed by atoms with Crippen molar-refractivity contribution < 1.29 is 4.74 Å². The summed E-state index contributed by atoms with van der Waals surface area (Å²) in [5.41, 5.74) is 2.07. The Labute approximate surface area is 107 Å². The summed E-state index contributed by atoms with van der Waals surface area (Å²) in [6.07, 6.45) is 0. The molecule has 0 spiro atoms. The summed E-state index contributed by atoms with van der Waals surface area (Å²) in [5, 5.41) is 7.70. The van der Waals surface area contributed by atoms with E-state index in [4.69, 9.17) is 16.3 Å². The molecule has 2 rings (SSSR count). The maximum atomic E-state index is 6.16. The van der Waals surface area contributed by atoms with Crippen LogP contribution >= 0.6 is 11.6 Å². The van der Waals surface area contributed by atoms with Crippen molar-refractivity contribution in [3.63, 3.8) is 0 Å². The quantitative estimate of drug-likeness (QED) is 0.848. The van der Waals surface area contributed by atoms with Crippen LogP contribution in [0.15, 0.2) is 12.1 Å². The molecule has 1 aromatic carbocycles.